The molecule has 0 amide bonds. The van der Waals surface area contributed by atoms with Gasteiger partial charge in [0.05, 0.1) is 17.8 Å². The van der Waals surface area contributed by atoms with Crippen molar-refractivity contribution >= 4 is 17.4 Å². The third-order valence-corrected chi connectivity index (χ3v) is 3.73. The van der Waals surface area contributed by atoms with Crippen molar-refractivity contribution in [3.8, 4) is 0 Å². The number of tetrazole rings is 1. The van der Waals surface area contributed by atoms with Crippen molar-refractivity contribution in [2.45, 2.75) is 25.7 Å². The van der Waals surface area contributed by atoms with Gasteiger partial charge >= 0.3 is 5.97 Å². The molecule has 8 nitrogen and oxygen atoms in total. The number of nitrogens with one attached hydrogen (secondary N) is 1. The fourth-order valence-electron chi connectivity index (χ4n) is 2.57. The molecular weight excluding hydrogens is 248 g/mol. The molecule has 0 aliphatic heterocycles. The number of nitrogens with zero attached hydrogens (tertiary/aromatic N) is 5. The van der Waals surface area contributed by atoms with Crippen LogP contribution in [0.3, 0.4) is 0 Å². The van der Waals surface area contributed by atoms with Gasteiger partial charge in [0.25, 0.3) is 0 Å². The number of carbonyl (C=O) groups is 1. The van der Waals surface area contributed by atoms with Crippen LogP contribution in [0.15, 0.2) is 12.4 Å². The SMILES string of the molecule is O=C(O)C1(CNc2cncc3nnnn23)CCCC1. The number of carboxylic acids is 1. The van der Waals surface area contributed by atoms with Gasteiger partial charge < -0.3 is 10.4 Å². The molecule has 19 heavy (non-hydrogen) atoms. The highest BCUT2D eigenvalue weighted by Crippen LogP contribution is 2.38. The number of rotatable bonds is 4. The van der Waals surface area contributed by atoms with Gasteiger partial charge in [0.2, 0.25) is 0 Å². The van der Waals surface area contributed by atoms with Crippen LogP contribution in [0.4, 0.5) is 5.82 Å². The summed E-state index contributed by atoms with van der Waals surface area (Å²) < 4.78 is 1.51. The van der Waals surface area contributed by atoms with E-state index in [9.17, 15) is 9.90 Å². The summed E-state index contributed by atoms with van der Waals surface area (Å²) in [6.07, 6.45) is 6.47. The van der Waals surface area contributed by atoms with E-state index in [4.69, 9.17) is 0 Å². The number of aromatic nitrogens is 5. The predicted molar refractivity (Wildman–Crippen MR) is 65.6 cm³/mol. The zero-order valence-corrected chi connectivity index (χ0v) is 10.3. The lowest BCUT2D eigenvalue weighted by Crippen LogP contribution is -2.35. The predicted octanol–water partition coefficient (Wildman–Crippen LogP) is 0.576. The van der Waals surface area contributed by atoms with Crippen molar-refractivity contribution in [3.63, 3.8) is 0 Å². The van der Waals surface area contributed by atoms with Crippen LogP contribution >= 0.6 is 0 Å². The first-order valence-corrected chi connectivity index (χ1v) is 6.21. The van der Waals surface area contributed by atoms with E-state index in [0.29, 0.717) is 30.9 Å². The van der Waals surface area contributed by atoms with Crippen LogP contribution in [0.2, 0.25) is 0 Å². The van der Waals surface area contributed by atoms with Crippen LogP contribution in [0.5, 0.6) is 0 Å². The molecule has 100 valence electrons. The van der Waals surface area contributed by atoms with Crippen molar-refractivity contribution < 1.29 is 9.90 Å². The summed E-state index contributed by atoms with van der Waals surface area (Å²) in [5.74, 6) is -0.135. The fraction of sp³-hybridized carbons (Fsp3) is 0.545. The highest BCUT2D eigenvalue weighted by Gasteiger charge is 2.41. The third-order valence-electron chi connectivity index (χ3n) is 3.73. The Morgan fingerprint density at radius 2 is 2.21 bits per heavy atom. The molecule has 1 aliphatic carbocycles. The molecule has 0 saturated heterocycles. The Kier molecular flexibility index (Phi) is 2.77. The fourth-order valence-corrected chi connectivity index (χ4v) is 2.57. The van der Waals surface area contributed by atoms with Crippen molar-refractivity contribution in [1.82, 2.24) is 25.0 Å². The lowest BCUT2D eigenvalue weighted by Gasteiger charge is -2.24. The zero-order chi connectivity index (χ0) is 13.3. The van der Waals surface area contributed by atoms with E-state index in [0.717, 1.165) is 12.8 Å². The van der Waals surface area contributed by atoms with Crippen LogP contribution < -0.4 is 5.32 Å². The molecule has 3 rings (SSSR count). The van der Waals surface area contributed by atoms with Gasteiger partial charge in [0.15, 0.2) is 5.65 Å². The van der Waals surface area contributed by atoms with Gasteiger partial charge in [0.1, 0.15) is 5.82 Å². The van der Waals surface area contributed by atoms with Crippen LogP contribution in [0.25, 0.3) is 5.65 Å². The van der Waals surface area contributed by atoms with Crippen LogP contribution in [-0.2, 0) is 4.79 Å². The minimum atomic E-state index is -0.741. The Morgan fingerprint density at radius 1 is 1.42 bits per heavy atom. The molecule has 0 unspecified atom stereocenters. The maximum absolute atomic E-state index is 11.5. The van der Waals surface area contributed by atoms with Crippen molar-refractivity contribution in [3.05, 3.63) is 12.4 Å². The van der Waals surface area contributed by atoms with Crippen LogP contribution in [-0.4, -0.2) is 42.6 Å². The van der Waals surface area contributed by atoms with Gasteiger partial charge in [-0.25, -0.2) is 0 Å². The molecule has 1 aliphatic rings. The molecule has 2 aromatic rings. The third kappa shape index (κ3) is 1.98. The molecule has 1 saturated carbocycles. The summed E-state index contributed by atoms with van der Waals surface area (Å²) in [5, 5.41) is 23.7. The summed E-state index contributed by atoms with van der Waals surface area (Å²) >= 11 is 0. The average molecular weight is 262 g/mol. The van der Waals surface area contributed by atoms with Crippen molar-refractivity contribution in [2.24, 2.45) is 5.41 Å². The molecular formula is C11H14N6O2. The highest BCUT2D eigenvalue weighted by atomic mass is 16.4. The van der Waals surface area contributed by atoms with Gasteiger partial charge in [-0.2, -0.15) is 4.52 Å². The standard InChI is InChI=1S/C11H14N6O2/c18-10(19)11(3-1-2-4-11)7-13-8-5-12-6-9-14-15-16-17(8)9/h5-6,13H,1-4,7H2,(H,18,19). The Balaban J connectivity index is 1.82. The number of aliphatic carboxylic acids is 1. The monoisotopic (exact) mass is 262 g/mol. The second kappa shape index (κ2) is 4.45. The van der Waals surface area contributed by atoms with Gasteiger partial charge in [0, 0.05) is 6.54 Å². The van der Waals surface area contributed by atoms with E-state index < -0.39 is 11.4 Å². The van der Waals surface area contributed by atoms with E-state index in [-0.39, 0.29) is 0 Å². The topological polar surface area (TPSA) is 105 Å². The zero-order valence-electron chi connectivity index (χ0n) is 10.3. The largest absolute Gasteiger partial charge is 0.481 e. The smallest absolute Gasteiger partial charge is 0.311 e. The van der Waals surface area contributed by atoms with Gasteiger partial charge in [-0.3, -0.25) is 9.78 Å². The molecule has 0 aromatic carbocycles. The van der Waals surface area contributed by atoms with Crippen molar-refractivity contribution in [1.29, 1.82) is 0 Å². The molecule has 0 bridgehead atoms. The lowest BCUT2D eigenvalue weighted by molar-refractivity contribution is -0.147. The van der Waals surface area contributed by atoms with Gasteiger partial charge in [-0.15, -0.1) is 5.10 Å². The van der Waals surface area contributed by atoms with E-state index in [1.807, 2.05) is 0 Å². The number of hydrogen-bond acceptors (Lipinski definition) is 6. The number of fused-ring (bicyclic) bond motifs is 1. The van der Waals surface area contributed by atoms with Gasteiger partial charge in [-0.1, -0.05) is 12.8 Å². The number of anilines is 1. The number of hydrogen-bond donors (Lipinski definition) is 2. The molecule has 0 radical (unpaired) electrons. The summed E-state index contributed by atoms with van der Waals surface area (Å²) in [6.45, 7) is 0.364. The van der Waals surface area contributed by atoms with Crippen molar-refractivity contribution in [2.75, 3.05) is 11.9 Å². The Morgan fingerprint density at radius 3 is 2.95 bits per heavy atom. The Bertz CT molecular complexity index is 604. The Hall–Kier alpha value is -2.25. The van der Waals surface area contributed by atoms with E-state index in [1.165, 1.54) is 4.52 Å². The first-order valence-electron chi connectivity index (χ1n) is 6.21. The average Bonchev–Trinajstić information content (AvgIpc) is 3.06. The van der Waals surface area contributed by atoms with Crippen LogP contribution in [0.1, 0.15) is 25.7 Å². The maximum atomic E-state index is 11.5. The second-order valence-corrected chi connectivity index (χ2v) is 4.89. The van der Waals surface area contributed by atoms with E-state index in [2.05, 4.69) is 25.8 Å². The minimum Gasteiger partial charge on any atom is -0.481 e. The quantitative estimate of drug-likeness (QED) is 0.830. The molecule has 2 aromatic heterocycles. The molecule has 2 heterocycles. The molecule has 0 spiro atoms. The summed E-state index contributed by atoms with van der Waals surface area (Å²) in [6, 6.07) is 0. The normalized spacial score (nSPS) is 17.7. The molecule has 0 atom stereocenters. The second-order valence-electron chi connectivity index (χ2n) is 4.89. The maximum Gasteiger partial charge on any atom is 0.311 e. The van der Waals surface area contributed by atoms with Gasteiger partial charge in [-0.05, 0) is 23.3 Å². The van der Waals surface area contributed by atoms with E-state index in [1.54, 1.807) is 12.4 Å². The van der Waals surface area contributed by atoms with Crippen LogP contribution in [0, 0.1) is 5.41 Å². The molecule has 1 fully saturated rings. The Labute approximate surface area is 108 Å². The summed E-state index contributed by atoms with van der Waals surface area (Å²) in [7, 11) is 0. The first kappa shape index (κ1) is 11.8. The molecule has 8 heteroatoms. The summed E-state index contributed by atoms with van der Waals surface area (Å²) in [4.78, 5) is 15.5. The highest BCUT2D eigenvalue weighted by molar-refractivity contribution is 5.75. The first-order chi connectivity index (χ1) is 9.21. The summed E-state index contributed by atoms with van der Waals surface area (Å²) in [5.41, 5.74) is -0.156. The lowest BCUT2D eigenvalue weighted by atomic mass is 9.86. The molecule has 2 N–H and O–H groups in total. The minimum absolute atomic E-state index is 0.364. The van der Waals surface area contributed by atoms with E-state index >= 15 is 0 Å². The number of carboxylic acid groups (broad SMARTS) is 1.